The summed E-state index contributed by atoms with van der Waals surface area (Å²) in [6.07, 6.45) is -1.36. The Hall–Kier alpha value is -1.08. The first-order valence-corrected chi connectivity index (χ1v) is 7.40. The average molecular weight is 304 g/mol. The Labute approximate surface area is 122 Å². The number of ether oxygens (including phenoxy) is 1. The predicted octanol–water partition coefficient (Wildman–Crippen LogP) is 2.68. The van der Waals surface area contributed by atoms with Gasteiger partial charge in [0.1, 0.15) is 11.7 Å². The molecule has 1 heterocycles. The van der Waals surface area contributed by atoms with E-state index < -0.39 is 18.1 Å². The molecule has 1 unspecified atom stereocenters. The third kappa shape index (κ3) is 3.77. The smallest absolute Gasteiger partial charge is 0.264 e. The quantitative estimate of drug-likeness (QED) is 0.875. The Balaban J connectivity index is 2.13. The molecular formula is C14H22F2N2O3. The standard InChI is InChI=1S/C14H22F2N2O3/c1-3-20-14(6-4-9(2)5-7-14)13-17-11(21-18-13)8-10(19)12(15)16/h9-10,12,19H,3-8H2,1-2H3. The summed E-state index contributed by atoms with van der Waals surface area (Å²) in [6.45, 7) is 4.62. The maximum atomic E-state index is 12.4. The molecule has 0 radical (unpaired) electrons. The van der Waals surface area contributed by atoms with Gasteiger partial charge in [0.15, 0.2) is 0 Å². The van der Waals surface area contributed by atoms with Crippen molar-refractivity contribution in [2.24, 2.45) is 5.92 Å². The third-order valence-electron chi connectivity index (χ3n) is 4.05. The van der Waals surface area contributed by atoms with Gasteiger partial charge in [-0.25, -0.2) is 8.78 Å². The Morgan fingerprint density at radius 2 is 2.10 bits per heavy atom. The van der Waals surface area contributed by atoms with E-state index in [2.05, 4.69) is 17.1 Å². The lowest BCUT2D eigenvalue weighted by molar-refractivity contribution is -0.0847. The van der Waals surface area contributed by atoms with Crippen LogP contribution < -0.4 is 0 Å². The highest BCUT2D eigenvalue weighted by Gasteiger charge is 2.41. The molecule has 1 N–H and O–H groups in total. The largest absolute Gasteiger partial charge is 0.387 e. The number of aliphatic hydroxyl groups excluding tert-OH is 1. The Kier molecular flexibility index (Phi) is 5.27. The fourth-order valence-corrected chi connectivity index (χ4v) is 2.73. The zero-order valence-electron chi connectivity index (χ0n) is 12.4. The van der Waals surface area contributed by atoms with E-state index in [4.69, 9.17) is 9.26 Å². The van der Waals surface area contributed by atoms with Crippen molar-refractivity contribution in [3.63, 3.8) is 0 Å². The van der Waals surface area contributed by atoms with E-state index in [0.717, 1.165) is 25.7 Å². The summed E-state index contributed by atoms with van der Waals surface area (Å²) in [5.41, 5.74) is -0.585. The van der Waals surface area contributed by atoms with Gasteiger partial charge in [-0.05, 0) is 38.5 Å². The fraction of sp³-hybridized carbons (Fsp3) is 0.857. The molecule has 0 amide bonds. The summed E-state index contributed by atoms with van der Waals surface area (Å²) in [7, 11) is 0. The van der Waals surface area contributed by atoms with E-state index in [-0.39, 0.29) is 12.3 Å². The normalized spacial score (nSPS) is 28.0. The van der Waals surface area contributed by atoms with Crippen molar-refractivity contribution in [2.45, 2.75) is 64.1 Å². The van der Waals surface area contributed by atoms with Crippen molar-refractivity contribution >= 4 is 0 Å². The lowest BCUT2D eigenvalue weighted by Crippen LogP contribution is -2.35. The zero-order chi connectivity index (χ0) is 15.5. The average Bonchev–Trinajstić information content (AvgIpc) is 2.91. The van der Waals surface area contributed by atoms with Crippen LogP contribution in [0.25, 0.3) is 0 Å². The molecule has 21 heavy (non-hydrogen) atoms. The summed E-state index contributed by atoms with van der Waals surface area (Å²) in [6, 6.07) is 0. The molecule has 0 aromatic carbocycles. The third-order valence-corrected chi connectivity index (χ3v) is 4.05. The van der Waals surface area contributed by atoms with Crippen LogP contribution in [0.15, 0.2) is 4.52 Å². The maximum absolute atomic E-state index is 12.4. The Morgan fingerprint density at radius 3 is 2.67 bits per heavy atom. The summed E-state index contributed by atoms with van der Waals surface area (Å²) < 4.78 is 35.6. The van der Waals surface area contributed by atoms with Crippen molar-refractivity contribution in [1.82, 2.24) is 10.1 Å². The van der Waals surface area contributed by atoms with E-state index in [9.17, 15) is 13.9 Å². The van der Waals surface area contributed by atoms with Gasteiger partial charge in [0, 0.05) is 6.61 Å². The lowest BCUT2D eigenvalue weighted by atomic mass is 9.79. The van der Waals surface area contributed by atoms with Crippen molar-refractivity contribution in [3.05, 3.63) is 11.7 Å². The van der Waals surface area contributed by atoms with E-state index in [1.165, 1.54) is 0 Å². The van der Waals surface area contributed by atoms with Crippen molar-refractivity contribution in [3.8, 4) is 0 Å². The van der Waals surface area contributed by atoms with Crippen LogP contribution in [0.5, 0.6) is 0 Å². The topological polar surface area (TPSA) is 68.4 Å². The molecule has 0 bridgehead atoms. The van der Waals surface area contributed by atoms with Crippen LogP contribution in [-0.2, 0) is 16.8 Å². The number of hydrogen-bond donors (Lipinski definition) is 1. The number of nitrogens with zero attached hydrogens (tertiary/aromatic N) is 2. The van der Waals surface area contributed by atoms with Crippen LogP contribution in [-0.4, -0.2) is 34.4 Å². The van der Waals surface area contributed by atoms with Crippen LogP contribution in [0.1, 0.15) is 51.2 Å². The molecule has 1 aliphatic carbocycles. The molecule has 1 saturated carbocycles. The molecular weight excluding hydrogens is 282 g/mol. The lowest BCUT2D eigenvalue weighted by Gasteiger charge is -2.36. The van der Waals surface area contributed by atoms with Crippen LogP contribution in [0.3, 0.4) is 0 Å². The highest BCUT2D eigenvalue weighted by Crippen LogP contribution is 2.41. The Morgan fingerprint density at radius 1 is 1.43 bits per heavy atom. The van der Waals surface area contributed by atoms with Crippen molar-refractivity contribution in [1.29, 1.82) is 0 Å². The molecule has 0 saturated heterocycles. The molecule has 1 aromatic rings. The minimum absolute atomic E-state index is 0.0236. The number of aliphatic hydroxyl groups is 1. The molecule has 2 rings (SSSR count). The van der Waals surface area contributed by atoms with Gasteiger partial charge in [-0.1, -0.05) is 12.1 Å². The second kappa shape index (κ2) is 6.79. The molecule has 1 aromatic heterocycles. The van der Waals surface area contributed by atoms with Crippen molar-refractivity contribution < 1.29 is 23.1 Å². The van der Waals surface area contributed by atoms with Crippen LogP contribution in [0.4, 0.5) is 8.78 Å². The highest BCUT2D eigenvalue weighted by molar-refractivity contribution is 5.04. The first-order chi connectivity index (χ1) is 9.97. The number of halogens is 2. The minimum atomic E-state index is -2.82. The summed E-state index contributed by atoms with van der Waals surface area (Å²) in [5, 5.41) is 13.1. The molecule has 7 heteroatoms. The molecule has 120 valence electrons. The van der Waals surface area contributed by atoms with Gasteiger partial charge < -0.3 is 14.4 Å². The second-order valence-corrected chi connectivity index (χ2v) is 5.73. The number of aromatic nitrogens is 2. The highest BCUT2D eigenvalue weighted by atomic mass is 19.3. The van der Waals surface area contributed by atoms with Crippen LogP contribution in [0, 0.1) is 5.92 Å². The predicted molar refractivity (Wildman–Crippen MR) is 70.9 cm³/mol. The minimum Gasteiger partial charge on any atom is -0.387 e. The molecule has 1 aliphatic rings. The number of rotatable bonds is 6. The Bertz CT molecular complexity index is 445. The molecule has 5 nitrogen and oxygen atoms in total. The van der Waals surface area contributed by atoms with Crippen molar-refractivity contribution in [2.75, 3.05) is 6.61 Å². The molecule has 0 aliphatic heterocycles. The zero-order valence-corrected chi connectivity index (χ0v) is 12.4. The van der Waals surface area contributed by atoms with E-state index >= 15 is 0 Å². The molecule has 1 fully saturated rings. The number of alkyl halides is 2. The first-order valence-electron chi connectivity index (χ1n) is 7.40. The van der Waals surface area contributed by atoms with Gasteiger partial charge >= 0.3 is 0 Å². The number of hydrogen-bond acceptors (Lipinski definition) is 5. The van der Waals surface area contributed by atoms with Gasteiger partial charge in [0.05, 0.1) is 6.42 Å². The summed E-state index contributed by atoms with van der Waals surface area (Å²) >= 11 is 0. The van der Waals surface area contributed by atoms with E-state index in [1.807, 2.05) is 6.92 Å². The molecule has 1 atom stereocenters. The van der Waals surface area contributed by atoms with Crippen LogP contribution in [0.2, 0.25) is 0 Å². The summed E-state index contributed by atoms with van der Waals surface area (Å²) in [5.74, 6) is 1.06. The second-order valence-electron chi connectivity index (χ2n) is 5.73. The van der Waals surface area contributed by atoms with E-state index in [1.54, 1.807) is 0 Å². The van der Waals surface area contributed by atoms with Gasteiger partial charge in [0.2, 0.25) is 11.7 Å². The van der Waals surface area contributed by atoms with Gasteiger partial charge in [-0.3, -0.25) is 0 Å². The van der Waals surface area contributed by atoms with E-state index in [0.29, 0.717) is 18.3 Å². The van der Waals surface area contributed by atoms with Gasteiger partial charge in [-0.15, -0.1) is 0 Å². The molecule has 0 spiro atoms. The van der Waals surface area contributed by atoms with Gasteiger partial charge in [0.25, 0.3) is 6.43 Å². The first kappa shape index (κ1) is 16.3. The van der Waals surface area contributed by atoms with Gasteiger partial charge in [-0.2, -0.15) is 4.98 Å². The maximum Gasteiger partial charge on any atom is 0.264 e. The summed E-state index contributed by atoms with van der Waals surface area (Å²) in [4.78, 5) is 4.18. The monoisotopic (exact) mass is 304 g/mol. The van der Waals surface area contributed by atoms with Crippen LogP contribution >= 0.6 is 0 Å². The SMILES string of the molecule is CCOC1(c2noc(CC(O)C(F)F)n2)CCC(C)CC1. The fourth-order valence-electron chi connectivity index (χ4n) is 2.73.